The van der Waals surface area contributed by atoms with Gasteiger partial charge in [-0.1, -0.05) is 145 Å². The fourth-order valence-electron chi connectivity index (χ4n) is 9.23. The zero-order chi connectivity index (χ0) is 39.5. The smallest absolute Gasteiger partial charge is 0.138 e. The van der Waals surface area contributed by atoms with E-state index in [4.69, 9.17) is 0 Å². The van der Waals surface area contributed by atoms with Crippen LogP contribution in [0.25, 0.3) is 5.57 Å². The molecule has 8 aromatic carbocycles. The van der Waals surface area contributed by atoms with Crippen LogP contribution in [0.5, 0.6) is 0 Å². The molecule has 276 valence electrons. The van der Waals surface area contributed by atoms with Crippen LogP contribution >= 0.6 is 23.5 Å². The number of para-hydroxylation sites is 4. The van der Waals surface area contributed by atoms with Crippen molar-refractivity contribution in [1.29, 1.82) is 10.5 Å². The van der Waals surface area contributed by atoms with Gasteiger partial charge in [-0.3, -0.25) is 0 Å². The number of anilines is 6. The number of allylic oxidation sites excluding steroid dienone is 1. The van der Waals surface area contributed by atoms with E-state index in [1.54, 1.807) is 23.5 Å². The summed E-state index contributed by atoms with van der Waals surface area (Å²) < 4.78 is 0. The van der Waals surface area contributed by atoms with Crippen LogP contribution in [0.3, 0.4) is 0 Å². The highest BCUT2D eigenvalue weighted by Gasteiger charge is 2.46. The first-order valence-electron chi connectivity index (χ1n) is 19.5. The molecule has 0 saturated carbocycles. The van der Waals surface area contributed by atoms with E-state index in [2.05, 4.69) is 204 Å². The highest BCUT2D eigenvalue weighted by molar-refractivity contribution is 8.00. The fraction of sp³-hybridized carbons (Fsp3) is 0.0189. The first kappa shape index (κ1) is 35.0. The minimum atomic E-state index is -0.801. The summed E-state index contributed by atoms with van der Waals surface area (Å²) in [6.07, 6.45) is 0. The van der Waals surface area contributed by atoms with Crippen LogP contribution in [-0.4, -0.2) is 0 Å². The van der Waals surface area contributed by atoms with Crippen LogP contribution < -0.4 is 9.80 Å². The predicted molar refractivity (Wildman–Crippen MR) is 240 cm³/mol. The van der Waals surface area contributed by atoms with Crippen molar-refractivity contribution >= 4 is 63.2 Å². The van der Waals surface area contributed by atoms with Gasteiger partial charge in [-0.25, -0.2) is 0 Å². The SMILES string of the molecule is N#CC(C#N)=C1c2ccccc2C(c2ccc(N3c4ccccc4Sc4ccccc43)cc2)(c2ccc(N3c4ccccc4Sc4ccccc43)cc2)c2ccccc21. The van der Waals surface area contributed by atoms with Crippen molar-refractivity contribution in [2.24, 2.45) is 0 Å². The molecule has 0 aromatic heterocycles. The van der Waals surface area contributed by atoms with E-state index in [1.807, 2.05) is 12.1 Å². The number of fused-ring (bicyclic) bond motifs is 6. The molecule has 0 bridgehead atoms. The summed E-state index contributed by atoms with van der Waals surface area (Å²) in [6.45, 7) is 0. The van der Waals surface area contributed by atoms with Gasteiger partial charge in [0.1, 0.15) is 17.7 Å². The Kier molecular flexibility index (Phi) is 8.31. The van der Waals surface area contributed by atoms with E-state index in [0.717, 1.165) is 67.5 Å². The average Bonchev–Trinajstić information content (AvgIpc) is 3.30. The molecule has 0 N–H and O–H groups in total. The molecular formula is C53H32N4S2. The van der Waals surface area contributed by atoms with E-state index >= 15 is 0 Å². The zero-order valence-electron chi connectivity index (χ0n) is 31.6. The first-order chi connectivity index (χ1) is 29.2. The number of hydrogen-bond acceptors (Lipinski definition) is 6. The minimum Gasteiger partial charge on any atom is -0.308 e. The molecule has 0 unspecified atom stereocenters. The molecule has 0 amide bonds. The molecule has 0 saturated heterocycles. The summed E-state index contributed by atoms with van der Waals surface area (Å²) in [4.78, 5) is 9.56. The number of nitriles is 2. The van der Waals surface area contributed by atoms with E-state index in [-0.39, 0.29) is 5.57 Å². The van der Waals surface area contributed by atoms with Crippen molar-refractivity contribution < 1.29 is 0 Å². The molecule has 3 aliphatic rings. The Morgan fingerprint density at radius 2 is 0.712 bits per heavy atom. The van der Waals surface area contributed by atoms with Gasteiger partial charge >= 0.3 is 0 Å². The highest BCUT2D eigenvalue weighted by atomic mass is 32.2. The third kappa shape index (κ3) is 5.31. The quantitative estimate of drug-likeness (QED) is 0.166. The summed E-state index contributed by atoms with van der Waals surface area (Å²) in [5, 5.41) is 20.7. The Hall–Kier alpha value is -7.22. The van der Waals surface area contributed by atoms with Crippen LogP contribution in [0.1, 0.15) is 33.4 Å². The van der Waals surface area contributed by atoms with Crippen molar-refractivity contribution in [3.63, 3.8) is 0 Å². The van der Waals surface area contributed by atoms with Gasteiger partial charge in [0.25, 0.3) is 0 Å². The topological polar surface area (TPSA) is 54.1 Å². The molecule has 6 heteroatoms. The van der Waals surface area contributed by atoms with Gasteiger partial charge in [0, 0.05) is 36.5 Å². The Balaban J connectivity index is 1.14. The molecule has 0 atom stereocenters. The third-order valence-corrected chi connectivity index (χ3v) is 13.9. The summed E-state index contributed by atoms with van der Waals surface area (Å²) in [7, 11) is 0. The lowest BCUT2D eigenvalue weighted by atomic mass is 9.58. The minimum absolute atomic E-state index is 0.102. The molecular weight excluding hydrogens is 757 g/mol. The fourth-order valence-corrected chi connectivity index (χ4v) is 11.3. The third-order valence-electron chi connectivity index (χ3n) is 11.7. The molecule has 0 radical (unpaired) electrons. The van der Waals surface area contributed by atoms with Crippen LogP contribution in [-0.2, 0) is 5.41 Å². The maximum absolute atomic E-state index is 10.3. The van der Waals surface area contributed by atoms with E-state index in [9.17, 15) is 10.5 Å². The van der Waals surface area contributed by atoms with Crippen LogP contribution in [0.2, 0.25) is 0 Å². The first-order valence-corrected chi connectivity index (χ1v) is 21.1. The number of nitrogens with zero attached hydrogens (tertiary/aromatic N) is 4. The summed E-state index contributed by atoms with van der Waals surface area (Å²) in [5.74, 6) is 0. The van der Waals surface area contributed by atoms with Crippen molar-refractivity contribution in [2.45, 2.75) is 25.0 Å². The molecule has 4 nitrogen and oxygen atoms in total. The molecule has 1 aliphatic carbocycles. The Labute approximate surface area is 351 Å². The van der Waals surface area contributed by atoms with Gasteiger partial charge in [0.15, 0.2) is 0 Å². The van der Waals surface area contributed by atoms with Gasteiger partial charge in [-0.05, 0) is 106 Å². The second-order valence-corrected chi connectivity index (χ2v) is 16.8. The van der Waals surface area contributed by atoms with Crippen molar-refractivity contribution in [2.75, 3.05) is 9.80 Å². The zero-order valence-corrected chi connectivity index (χ0v) is 33.2. The number of benzene rings is 8. The molecule has 2 heterocycles. The average molecular weight is 789 g/mol. The standard InChI is InChI=1S/C53H32N4S2/c54-33-35(34-55)52-40-13-1-3-15-42(40)53(43-16-4-2-14-41(43)52,36-25-29-38(30-26-36)56-44-17-5-9-21-48(44)58-49-22-10-6-18-45(49)56)37-27-31-39(32-28-37)57-46-19-7-11-23-50(46)59-51-24-12-8-20-47(51)57/h1-32H. The summed E-state index contributed by atoms with van der Waals surface area (Å²) in [5.41, 5.74) is 12.7. The predicted octanol–water partition coefficient (Wildman–Crippen LogP) is 14.1. The second-order valence-electron chi connectivity index (χ2n) is 14.7. The maximum atomic E-state index is 10.3. The van der Waals surface area contributed by atoms with Gasteiger partial charge in [-0.15, -0.1) is 0 Å². The molecule has 0 spiro atoms. The Bertz CT molecular complexity index is 2800. The monoisotopic (exact) mass is 788 g/mol. The molecule has 11 rings (SSSR count). The van der Waals surface area contributed by atoms with E-state index in [0.29, 0.717) is 5.57 Å². The van der Waals surface area contributed by atoms with Gasteiger partial charge < -0.3 is 9.80 Å². The largest absolute Gasteiger partial charge is 0.308 e. The molecule has 59 heavy (non-hydrogen) atoms. The Morgan fingerprint density at radius 3 is 1.07 bits per heavy atom. The molecule has 2 aliphatic heterocycles. The second kappa shape index (κ2) is 14.0. The molecule has 8 aromatic rings. The van der Waals surface area contributed by atoms with Crippen molar-refractivity contribution in [3.05, 3.63) is 233 Å². The van der Waals surface area contributed by atoms with Gasteiger partial charge in [-0.2, -0.15) is 10.5 Å². The van der Waals surface area contributed by atoms with Crippen LogP contribution in [0.4, 0.5) is 34.1 Å². The van der Waals surface area contributed by atoms with Crippen molar-refractivity contribution in [3.8, 4) is 12.1 Å². The lowest BCUT2D eigenvalue weighted by molar-refractivity contribution is 0.731. The maximum Gasteiger partial charge on any atom is 0.138 e. The molecule has 0 fully saturated rings. The summed E-state index contributed by atoms with van der Waals surface area (Å²) in [6, 6.07) is 73.4. The lowest BCUT2D eigenvalue weighted by Crippen LogP contribution is -2.36. The lowest BCUT2D eigenvalue weighted by Gasteiger charge is -2.43. The van der Waals surface area contributed by atoms with Crippen LogP contribution in [0.15, 0.2) is 219 Å². The van der Waals surface area contributed by atoms with E-state index < -0.39 is 5.41 Å². The summed E-state index contributed by atoms with van der Waals surface area (Å²) >= 11 is 3.60. The Morgan fingerprint density at radius 1 is 0.390 bits per heavy atom. The highest BCUT2D eigenvalue weighted by Crippen LogP contribution is 2.57. The number of rotatable bonds is 4. The van der Waals surface area contributed by atoms with Gasteiger partial charge in [0.2, 0.25) is 0 Å². The number of hydrogen-bond donors (Lipinski definition) is 0. The van der Waals surface area contributed by atoms with Gasteiger partial charge in [0.05, 0.1) is 28.2 Å². The van der Waals surface area contributed by atoms with Crippen LogP contribution in [0, 0.1) is 22.7 Å². The normalized spacial score (nSPS) is 14.0. The van der Waals surface area contributed by atoms with Crippen molar-refractivity contribution in [1.82, 2.24) is 0 Å². The van der Waals surface area contributed by atoms with E-state index in [1.165, 1.54) is 19.6 Å².